The number of hydrogen-bond acceptors (Lipinski definition) is 4. The number of aromatic nitrogens is 1. The molecule has 4 heteroatoms. The summed E-state index contributed by atoms with van der Waals surface area (Å²) < 4.78 is 5.16. The Balaban J connectivity index is 2.04. The molecule has 1 fully saturated rings. The Labute approximate surface area is 65.2 Å². The maximum absolute atomic E-state index is 5.16. The summed E-state index contributed by atoms with van der Waals surface area (Å²) in [6, 6.07) is 0.742. The number of nitrogens with one attached hydrogen (secondary N) is 1. The van der Waals surface area contributed by atoms with E-state index in [0.29, 0.717) is 0 Å². The summed E-state index contributed by atoms with van der Waals surface area (Å²) in [7, 11) is 0. The van der Waals surface area contributed by atoms with Crippen molar-refractivity contribution in [3.05, 3.63) is 12.5 Å². The Morgan fingerprint density at radius 1 is 1.45 bits per heavy atom. The van der Waals surface area contributed by atoms with Gasteiger partial charge in [-0.25, -0.2) is 4.98 Å². The molecule has 4 nitrogen and oxygen atoms in total. The maximum Gasteiger partial charge on any atom is 0.297 e. The molecule has 0 bridgehead atoms. The van der Waals surface area contributed by atoms with Crippen LogP contribution in [0.3, 0.4) is 0 Å². The van der Waals surface area contributed by atoms with Crippen LogP contribution in [0.5, 0.6) is 0 Å². The quantitative estimate of drug-likeness (QED) is 0.620. The minimum absolute atomic E-state index is 0.742. The van der Waals surface area contributed by atoms with E-state index in [1.54, 1.807) is 12.5 Å². The molecule has 0 unspecified atom stereocenters. The number of oxazole rings is 1. The van der Waals surface area contributed by atoms with Gasteiger partial charge < -0.3 is 14.6 Å². The van der Waals surface area contributed by atoms with E-state index in [1.807, 2.05) is 0 Å². The van der Waals surface area contributed by atoms with E-state index < -0.39 is 0 Å². The number of hydrogen-bond donors (Lipinski definition) is 1. The van der Waals surface area contributed by atoms with Crippen LogP contribution in [0.15, 0.2) is 16.9 Å². The van der Waals surface area contributed by atoms with E-state index >= 15 is 0 Å². The fraction of sp³-hybridized carbons (Fsp3) is 0.571. The summed E-state index contributed by atoms with van der Waals surface area (Å²) in [6.45, 7) is 4.01. The lowest BCUT2D eigenvalue weighted by Gasteiger charge is -2.25. The average molecular weight is 153 g/mol. The van der Waals surface area contributed by atoms with E-state index in [2.05, 4.69) is 15.2 Å². The molecule has 60 valence electrons. The van der Waals surface area contributed by atoms with Crippen LogP contribution in [-0.4, -0.2) is 31.2 Å². The van der Waals surface area contributed by atoms with E-state index in [0.717, 1.165) is 32.2 Å². The molecule has 2 rings (SSSR count). The lowest BCUT2D eigenvalue weighted by Crippen LogP contribution is -2.43. The van der Waals surface area contributed by atoms with Crippen LogP contribution in [0, 0.1) is 0 Å². The second-order valence-electron chi connectivity index (χ2n) is 2.55. The fourth-order valence-corrected chi connectivity index (χ4v) is 1.23. The van der Waals surface area contributed by atoms with E-state index in [4.69, 9.17) is 4.42 Å². The van der Waals surface area contributed by atoms with Gasteiger partial charge in [-0.2, -0.15) is 0 Å². The second-order valence-corrected chi connectivity index (χ2v) is 2.55. The second kappa shape index (κ2) is 2.92. The predicted molar refractivity (Wildman–Crippen MR) is 41.6 cm³/mol. The van der Waals surface area contributed by atoms with Crippen molar-refractivity contribution < 1.29 is 4.42 Å². The third-order valence-corrected chi connectivity index (χ3v) is 1.81. The van der Waals surface area contributed by atoms with Gasteiger partial charge in [-0.15, -0.1) is 0 Å². The zero-order valence-corrected chi connectivity index (χ0v) is 6.29. The SMILES string of the molecule is c1coc(N2CCNCC2)n1. The highest BCUT2D eigenvalue weighted by Gasteiger charge is 2.12. The van der Waals surface area contributed by atoms with Crippen LogP contribution >= 0.6 is 0 Å². The molecule has 0 radical (unpaired) electrons. The molecule has 1 saturated heterocycles. The van der Waals surface area contributed by atoms with Crippen molar-refractivity contribution in [1.82, 2.24) is 10.3 Å². The summed E-state index contributed by atoms with van der Waals surface area (Å²) in [5.74, 6) is 0. The highest BCUT2D eigenvalue weighted by atomic mass is 16.4. The Morgan fingerprint density at radius 2 is 2.27 bits per heavy atom. The van der Waals surface area contributed by atoms with Gasteiger partial charge in [0, 0.05) is 26.2 Å². The van der Waals surface area contributed by atoms with Gasteiger partial charge in [0.1, 0.15) is 6.26 Å². The van der Waals surface area contributed by atoms with Crippen molar-refractivity contribution in [3.63, 3.8) is 0 Å². The first-order valence-electron chi connectivity index (χ1n) is 3.82. The smallest absolute Gasteiger partial charge is 0.297 e. The molecule has 1 aromatic heterocycles. The topological polar surface area (TPSA) is 41.3 Å². The van der Waals surface area contributed by atoms with Gasteiger partial charge in [0.15, 0.2) is 0 Å². The third-order valence-electron chi connectivity index (χ3n) is 1.81. The molecule has 0 atom stereocenters. The van der Waals surface area contributed by atoms with Crippen molar-refractivity contribution in [2.75, 3.05) is 31.1 Å². The summed E-state index contributed by atoms with van der Waals surface area (Å²) in [5, 5.41) is 3.27. The van der Waals surface area contributed by atoms with Gasteiger partial charge in [-0.1, -0.05) is 0 Å². The lowest BCUT2D eigenvalue weighted by molar-refractivity contribution is 0.499. The van der Waals surface area contributed by atoms with Crippen molar-refractivity contribution in [2.24, 2.45) is 0 Å². The monoisotopic (exact) mass is 153 g/mol. The molecule has 2 heterocycles. The minimum Gasteiger partial charge on any atom is -0.432 e. The van der Waals surface area contributed by atoms with Crippen LogP contribution < -0.4 is 10.2 Å². The fourth-order valence-electron chi connectivity index (χ4n) is 1.23. The van der Waals surface area contributed by atoms with Crippen molar-refractivity contribution in [3.8, 4) is 0 Å². The molecule has 0 amide bonds. The zero-order chi connectivity index (χ0) is 7.52. The molecule has 11 heavy (non-hydrogen) atoms. The molecule has 0 aromatic carbocycles. The molecule has 1 aromatic rings. The summed E-state index contributed by atoms with van der Waals surface area (Å²) >= 11 is 0. The van der Waals surface area contributed by atoms with E-state index in [1.165, 1.54) is 0 Å². The summed E-state index contributed by atoms with van der Waals surface area (Å²) in [6.07, 6.45) is 3.29. The van der Waals surface area contributed by atoms with Gasteiger partial charge in [0.05, 0.1) is 6.20 Å². The summed E-state index contributed by atoms with van der Waals surface area (Å²) in [5.41, 5.74) is 0. The van der Waals surface area contributed by atoms with Gasteiger partial charge >= 0.3 is 0 Å². The molecule has 1 aliphatic rings. The molecular formula is C7H11N3O. The first-order valence-corrected chi connectivity index (χ1v) is 3.82. The normalized spacial score (nSPS) is 18.7. The predicted octanol–water partition coefficient (Wildman–Crippen LogP) is 0.0842. The van der Waals surface area contributed by atoms with Crippen LogP contribution in [0.25, 0.3) is 0 Å². The van der Waals surface area contributed by atoms with Crippen LogP contribution in [0.1, 0.15) is 0 Å². The molecular weight excluding hydrogens is 142 g/mol. The Kier molecular flexibility index (Phi) is 1.77. The highest BCUT2D eigenvalue weighted by Crippen LogP contribution is 2.09. The highest BCUT2D eigenvalue weighted by molar-refractivity contribution is 5.25. The molecule has 1 aliphatic heterocycles. The van der Waals surface area contributed by atoms with E-state index in [-0.39, 0.29) is 0 Å². The van der Waals surface area contributed by atoms with E-state index in [9.17, 15) is 0 Å². The Hall–Kier alpha value is -1.03. The molecule has 0 spiro atoms. The lowest BCUT2D eigenvalue weighted by atomic mass is 10.4. The molecule has 0 aliphatic carbocycles. The molecule has 1 N–H and O–H groups in total. The van der Waals surface area contributed by atoms with Crippen LogP contribution in [0.2, 0.25) is 0 Å². The standard InChI is InChI=1S/C7H11N3O/c1-4-10(5-2-8-1)7-9-3-6-11-7/h3,6,8H,1-2,4-5H2. The van der Waals surface area contributed by atoms with Gasteiger partial charge in [0.25, 0.3) is 6.01 Å². The van der Waals surface area contributed by atoms with Gasteiger partial charge in [0.2, 0.25) is 0 Å². The van der Waals surface area contributed by atoms with Crippen LogP contribution in [-0.2, 0) is 0 Å². The Bertz CT molecular complexity index is 203. The molecule has 0 saturated carbocycles. The van der Waals surface area contributed by atoms with Crippen molar-refractivity contribution in [2.45, 2.75) is 0 Å². The van der Waals surface area contributed by atoms with Crippen molar-refractivity contribution in [1.29, 1.82) is 0 Å². The summed E-state index contributed by atoms with van der Waals surface area (Å²) in [4.78, 5) is 6.21. The minimum atomic E-state index is 0.742. The third kappa shape index (κ3) is 1.35. The Morgan fingerprint density at radius 3 is 2.91 bits per heavy atom. The largest absolute Gasteiger partial charge is 0.432 e. The maximum atomic E-state index is 5.16. The number of rotatable bonds is 1. The first kappa shape index (κ1) is 6.67. The number of piperazine rings is 1. The average Bonchev–Trinajstić information content (AvgIpc) is 2.58. The van der Waals surface area contributed by atoms with Crippen molar-refractivity contribution >= 4 is 6.01 Å². The zero-order valence-electron chi connectivity index (χ0n) is 6.29. The number of nitrogens with zero attached hydrogens (tertiary/aromatic N) is 2. The first-order chi connectivity index (χ1) is 5.47. The van der Waals surface area contributed by atoms with Crippen LogP contribution in [0.4, 0.5) is 6.01 Å². The van der Waals surface area contributed by atoms with Gasteiger partial charge in [-0.05, 0) is 0 Å². The van der Waals surface area contributed by atoms with Gasteiger partial charge in [-0.3, -0.25) is 0 Å². The number of anilines is 1.